The highest BCUT2D eigenvalue weighted by atomic mass is 32.2. The van der Waals surface area contributed by atoms with Crippen molar-refractivity contribution >= 4 is 20.2 Å². The molecule has 0 aromatic rings. The smallest absolute Gasteiger partial charge is 0.206 e. The topological polar surface area (TPSA) is 86.7 Å². The van der Waals surface area contributed by atoms with Crippen LogP contribution in [-0.4, -0.2) is 50.9 Å². The summed E-state index contributed by atoms with van der Waals surface area (Å²) in [7, 11) is -13.8. The van der Waals surface area contributed by atoms with Gasteiger partial charge in [-0.2, -0.15) is 60.3 Å². The lowest BCUT2D eigenvalue weighted by Crippen LogP contribution is -2.84. The van der Waals surface area contributed by atoms with E-state index in [4.69, 9.17) is 0 Å². The lowest BCUT2D eigenvalue weighted by molar-refractivity contribution is -0.412. The number of halogens is 10. The van der Waals surface area contributed by atoms with E-state index in [9.17, 15) is 60.7 Å². The first kappa shape index (κ1) is 19.4. The van der Waals surface area contributed by atoms with Gasteiger partial charge in [0.15, 0.2) is 0 Å². The molecule has 18 heteroatoms. The Balaban J connectivity index is 2.74. The van der Waals surface area contributed by atoms with Crippen molar-refractivity contribution in [2.45, 2.75) is 34.1 Å². The fourth-order valence-electron chi connectivity index (χ4n) is 1.80. The Bertz CT molecular complexity index is 736. The molecular formula is C6F10O6S2. The van der Waals surface area contributed by atoms with E-state index in [1.807, 2.05) is 0 Å². The zero-order valence-corrected chi connectivity index (χ0v) is 11.7. The lowest BCUT2D eigenvalue weighted by atomic mass is 9.99. The maximum atomic E-state index is 13.6. The van der Waals surface area contributed by atoms with Crippen LogP contribution in [0.4, 0.5) is 43.9 Å². The first-order chi connectivity index (χ1) is 10.2. The number of alkyl halides is 10. The van der Waals surface area contributed by atoms with Gasteiger partial charge in [-0.3, -0.25) is 0 Å². The number of hydrogen-bond donors (Lipinski definition) is 0. The molecule has 0 aromatic carbocycles. The van der Waals surface area contributed by atoms with Gasteiger partial charge in [-0.15, -0.1) is 0 Å². The Labute approximate surface area is 124 Å². The summed E-state index contributed by atoms with van der Waals surface area (Å²) in [6, 6.07) is 0. The van der Waals surface area contributed by atoms with Crippen LogP contribution in [0.2, 0.25) is 0 Å². The standard InChI is InChI=1S/C6F10O6S2/c7-1(8,3(11)5(13,14)21-23(3,17)18)2(9,10)4(12)6(15,16)22-24(4,19)20. The molecule has 6 nitrogen and oxygen atoms in total. The Kier molecular flexibility index (Phi) is 3.31. The summed E-state index contributed by atoms with van der Waals surface area (Å²) in [6.45, 7) is 0. The third-order valence-electron chi connectivity index (χ3n) is 3.07. The van der Waals surface area contributed by atoms with Crippen LogP contribution in [0.25, 0.3) is 0 Å². The van der Waals surface area contributed by atoms with Crippen LogP contribution in [0.3, 0.4) is 0 Å². The van der Waals surface area contributed by atoms with Gasteiger partial charge >= 0.3 is 54.3 Å². The average Bonchev–Trinajstić information content (AvgIpc) is 2.32. The molecule has 142 valence electrons. The second kappa shape index (κ2) is 4.09. The summed E-state index contributed by atoms with van der Waals surface area (Å²) >= 11 is 0. The molecule has 2 atom stereocenters. The lowest BCUT2D eigenvalue weighted by Gasteiger charge is -2.50. The Morgan fingerprint density at radius 2 is 0.792 bits per heavy atom. The van der Waals surface area contributed by atoms with Crippen LogP contribution >= 0.6 is 0 Å². The van der Waals surface area contributed by atoms with Gasteiger partial charge in [-0.25, -0.2) is 8.78 Å². The zero-order valence-electron chi connectivity index (χ0n) is 10.0. The minimum absolute atomic E-state index is 2.34. The maximum absolute atomic E-state index is 13.6. The summed E-state index contributed by atoms with van der Waals surface area (Å²) in [5.74, 6) is -15.1. The summed E-state index contributed by atoms with van der Waals surface area (Å²) in [4.78, 5) is 0. The summed E-state index contributed by atoms with van der Waals surface area (Å²) in [5.41, 5.74) is 0. The van der Waals surface area contributed by atoms with Crippen LogP contribution in [-0.2, 0) is 28.6 Å². The Morgan fingerprint density at radius 1 is 0.583 bits per heavy atom. The first-order valence-electron chi connectivity index (χ1n) is 4.96. The van der Waals surface area contributed by atoms with E-state index in [2.05, 4.69) is 8.37 Å². The van der Waals surface area contributed by atoms with E-state index in [0.717, 1.165) is 0 Å². The molecule has 2 aliphatic rings. The van der Waals surface area contributed by atoms with Crippen molar-refractivity contribution < 1.29 is 69.1 Å². The predicted molar refractivity (Wildman–Crippen MR) is 47.5 cm³/mol. The molecule has 2 aliphatic heterocycles. The zero-order chi connectivity index (χ0) is 19.4. The maximum Gasteiger partial charge on any atom is 0.427 e. The van der Waals surface area contributed by atoms with Crippen molar-refractivity contribution in [1.82, 2.24) is 0 Å². The van der Waals surface area contributed by atoms with Crippen molar-refractivity contribution in [1.29, 1.82) is 0 Å². The molecule has 0 saturated carbocycles. The van der Waals surface area contributed by atoms with E-state index in [1.54, 1.807) is 0 Å². The second-order valence-electron chi connectivity index (χ2n) is 4.45. The Morgan fingerprint density at radius 3 is 0.917 bits per heavy atom. The summed E-state index contributed by atoms with van der Waals surface area (Å²) in [6.07, 6.45) is -12.5. The number of hydrogen-bond acceptors (Lipinski definition) is 6. The third kappa shape index (κ3) is 1.56. The van der Waals surface area contributed by atoms with Crippen LogP contribution in [0, 0.1) is 0 Å². The van der Waals surface area contributed by atoms with Crippen molar-refractivity contribution in [3.63, 3.8) is 0 Å². The molecular weight excluding hydrogens is 422 g/mol. The molecule has 0 aromatic heterocycles. The van der Waals surface area contributed by atoms with Gasteiger partial charge in [-0.05, 0) is 0 Å². The highest BCUT2D eigenvalue weighted by Crippen LogP contribution is 2.68. The van der Waals surface area contributed by atoms with Gasteiger partial charge in [0, 0.05) is 0 Å². The van der Waals surface area contributed by atoms with Gasteiger partial charge in [0.25, 0.3) is 0 Å². The minimum atomic E-state index is -7.53. The van der Waals surface area contributed by atoms with Crippen molar-refractivity contribution in [2.75, 3.05) is 0 Å². The van der Waals surface area contributed by atoms with Crippen molar-refractivity contribution in [3.05, 3.63) is 0 Å². The molecule has 24 heavy (non-hydrogen) atoms. The predicted octanol–water partition coefficient (Wildman–Crippen LogP) is 1.49. The summed E-state index contributed by atoms with van der Waals surface area (Å²) in [5, 5.41) is -13.5. The first-order valence-corrected chi connectivity index (χ1v) is 7.77. The van der Waals surface area contributed by atoms with Crippen LogP contribution < -0.4 is 0 Å². The third-order valence-corrected chi connectivity index (χ3v) is 6.29. The molecule has 0 spiro atoms. The molecule has 2 rings (SSSR count). The molecule has 2 heterocycles. The van der Waals surface area contributed by atoms with Gasteiger partial charge < -0.3 is 0 Å². The summed E-state index contributed by atoms with van der Waals surface area (Å²) < 4.78 is 179. The minimum Gasteiger partial charge on any atom is -0.206 e. The highest BCUT2D eigenvalue weighted by molar-refractivity contribution is 7.89. The van der Waals surface area contributed by atoms with E-state index in [0.29, 0.717) is 0 Å². The molecule has 0 bridgehead atoms. The quantitative estimate of drug-likeness (QED) is 0.506. The van der Waals surface area contributed by atoms with E-state index in [1.165, 1.54) is 0 Å². The van der Waals surface area contributed by atoms with E-state index < -0.39 is 54.3 Å². The van der Waals surface area contributed by atoms with Gasteiger partial charge in [0.2, 0.25) is 0 Å². The van der Waals surface area contributed by atoms with Gasteiger partial charge in [0.1, 0.15) is 0 Å². The SMILES string of the molecule is O=S1(=O)OC(F)(F)C1(F)C(F)(F)C(F)(F)C1(F)C(F)(F)OS1(=O)=O. The second-order valence-corrected chi connectivity index (χ2v) is 7.72. The monoisotopic (exact) mass is 422 g/mol. The molecule has 0 radical (unpaired) electrons. The molecule has 0 N–H and O–H groups in total. The molecule has 0 aliphatic carbocycles. The molecule has 0 amide bonds. The van der Waals surface area contributed by atoms with E-state index >= 15 is 0 Å². The van der Waals surface area contributed by atoms with Crippen LogP contribution in [0.1, 0.15) is 0 Å². The average molecular weight is 422 g/mol. The van der Waals surface area contributed by atoms with Crippen LogP contribution in [0.5, 0.6) is 0 Å². The fraction of sp³-hybridized carbons (Fsp3) is 1.00. The molecule has 2 saturated heterocycles. The van der Waals surface area contributed by atoms with E-state index in [-0.39, 0.29) is 0 Å². The van der Waals surface area contributed by atoms with Crippen molar-refractivity contribution in [3.8, 4) is 0 Å². The normalized spacial score (nSPS) is 39.6. The number of rotatable bonds is 3. The Hall–Kier alpha value is -0.880. The van der Waals surface area contributed by atoms with Gasteiger partial charge in [-0.1, -0.05) is 0 Å². The molecule has 2 fully saturated rings. The largest absolute Gasteiger partial charge is 0.427 e. The van der Waals surface area contributed by atoms with Gasteiger partial charge in [0.05, 0.1) is 0 Å². The fourth-order valence-corrected chi connectivity index (χ4v) is 4.13. The highest BCUT2D eigenvalue weighted by Gasteiger charge is 3.02. The molecule has 2 unspecified atom stereocenters. The van der Waals surface area contributed by atoms with Crippen LogP contribution in [0.15, 0.2) is 0 Å². The van der Waals surface area contributed by atoms with Crippen molar-refractivity contribution in [2.24, 2.45) is 0 Å².